The first kappa shape index (κ1) is 14.0. The number of hydrogen-bond donors (Lipinski definition) is 1. The average Bonchev–Trinajstić information content (AvgIpc) is 3.07. The number of hydrogen-bond acceptors (Lipinski definition) is 2. The minimum absolute atomic E-state index is 0.331. The molecule has 3 nitrogen and oxygen atoms in total. The fourth-order valence-electron chi connectivity index (χ4n) is 2.87. The first-order chi connectivity index (χ1) is 9.95. The van der Waals surface area contributed by atoms with E-state index in [4.69, 9.17) is 5.73 Å². The molecule has 0 aliphatic heterocycles. The maximum atomic E-state index is 12.8. The number of halogens is 3. The van der Waals surface area contributed by atoms with Crippen molar-refractivity contribution < 1.29 is 13.2 Å². The Morgan fingerprint density at radius 3 is 2.57 bits per heavy atom. The molecular weight excluding hydrogens is 279 g/mol. The molecule has 1 aromatic carbocycles. The number of aromatic nitrogens is 2. The molecular formula is C15H16F3N3. The molecule has 2 N–H and O–H groups in total. The maximum absolute atomic E-state index is 12.8. The van der Waals surface area contributed by atoms with Gasteiger partial charge in [-0.25, -0.2) is 4.68 Å². The van der Waals surface area contributed by atoms with Gasteiger partial charge in [-0.05, 0) is 31.0 Å². The van der Waals surface area contributed by atoms with E-state index in [1.807, 2.05) is 0 Å². The largest absolute Gasteiger partial charge is 0.416 e. The van der Waals surface area contributed by atoms with Crippen molar-refractivity contribution >= 4 is 5.69 Å². The molecule has 0 unspecified atom stereocenters. The van der Waals surface area contributed by atoms with Crippen molar-refractivity contribution in [1.29, 1.82) is 0 Å². The summed E-state index contributed by atoms with van der Waals surface area (Å²) in [6, 6.07) is 5.12. The van der Waals surface area contributed by atoms with Gasteiger partial charge in [0.05, 0.1) is 28.8 Å². The van der Waals surface area contributed by atoms with Crippen LogP contribution in [0.25, 0.3) is 5.69 Å². The standard InChI is InChI=1S/C15H16F3N3/c16-15(17,18)11-6-3-7-12(8-11)21-9-13(19)14(20-21)10-4-1-2-5-10/h3,6-10H,1-2,4-5,19H2. The summed E-state index contributed by atoms with van der Waals surface area (Å²) >= 11 is 0. The van der Waals surface area contributed by atoms with E-state index in [2.05, 4.69) is 5.10 Å². The van der Waals surface area contributed by atoms with Crippen molar-refractivity contribution in [3.8, 4) is 5.69 Å². The van der Waals surface area contributed by atoms with Crippen LogP contribution in [0.15, 0.2) is 30.5 Å². The average molecular weight is 295 g/mol. The lowest BCUT2D eigenvalue weighted by atomic mass is 10.0. The summed E-state index contributed by atoms with van der Waals surface area (Å²) in [6.45, 7) is 0. The van der Waals surface area contributed by atoms with Crippen LogP contribution in [0.2, 0.25) is 0 Å². The third kappa shape index (κ3) is 2.75. The Bertz CT molecular complexity index is 640. The lowest BCUT2D eigenvalue weighted by molar-refractivity contribution is -0.137. The summed E-state index contributed by atoms with van der Waals surface area (Å²) in [5.74, 6) is 0.331. The first-order valence-electron chi connectivity index (χ1n) is 6.98. The minimum Gasteiger partial charge on any atom is -0.396 e. The molecule has 2 aromatic rings. The zero-order valence-corrected chi connectivity index (χ0v) is 11.4. The van der Waals surface area contributed by atoms with E-state index in [-0.39, 0.29) is 0 Å². The monoisotopic (exact) mass is 295 g/mol. The number of alkyl halides is 3. The van der Waals surface area contributed by atoms with Crippen LogP contribution in [0.5, 0.6) is 0 Å². The van der Waals surface area contributed by atoms with E-state index >= 15 is 0 Å². The molecule has 1 aliphatic carbocycles. The van der Waals surface area contributed by atoms with Gasteiger partial charge in [-0.2, -0.15) is 18.3 Å². The van der Waals surface area contributed by atoms with Gasteiger partial charge in [0.15, 0.2) is 0 Å². The van der Waals surface area contributed by atoms with Crippen LogP contribution in [0, 0.1) is 0 Å². The van der Waals surface area contributed by atoms with Gasteiger partial charge in [0.25, 0.3) is 0 Å². The third-order valence-electron chi connectivity index (χ3n) is 3.95. The highest BCUT2D eigenvalue weighted by Gasteiger charge is 2.30. The second-order valence-corrected chi connectivity index (χ2v) is 5.44. The fourth-order valence-corrected chi connectivity index (χ4v) is 2.87. The molecule has 0 amide bonds. The van der Waals surface area contributed by atoms with E-state index in [0.717, 1.165) is 43.5 Å². The van der Waals surface area contributed by atoms with Crippen LogP contribution in [0.3, 0.4) is 0 Å². The van der Waals surface area contributed by atoms with Crippen LogP contribution in [-0.2, 0) is 6.18 Å². The molecule has 0 spiro atoms. The van der Waals surface area contributed by atoms with Crippen molar-refractivity contribution in [1.82, 2.24) is 9.78 Å². The Balaban J connectivity index is 1.96. The molecule has 0 bridgehead atoms. The second-order valence-electron chi connectivity index (χ2n) is 5.44. The van der Waals surface area contributed by atoms with E-state index in [0.29, 0.717) is 17.3 Å². The summed E-state index contributed by atoms with van der Waals surface area (Å²) in [7, 11) is 0. The zero-order chi connectivity index (χ0) is 15.0. The van der Waals surface area contributed by atoms with Crippen LogP contribution in [0.4, 0.5) is 18.9 Å². The maximum Gasteiger partial charge on any atom is 0.416 e. The number of nitrogens with two attached hydrogens (primary N) is 1. The predicted octanol–water partition coefficient (Wildman–Crippen LogP) is 4.13. The summed E-state index contributed by atoms with van der Waals surface area (Å²) in [5, 5.41) is 4.41. The fraction of sp³-hybridized carbons (Fsp3) is 0.400. The van der Waals surface area contributed by atoms with Crippen molar-refractivity contribution in [2.75, 3.05) is 5.73 Å². The predicted molar refractivity (Wildman–Crippen MR) is 74.2 cm³/mol. The molecule has 3 rings (SSSR count). The normalized spacial score (nSPS) is 16.5. The van der Waals surface area contributed by atoms with E-state index < -0.39 is 11.7 Å². The highest BCUT2D eigenvalue weighted by molar-refractivity contribution is 5.47. The first-order valence-corrected chi connectivity index (χ1v) is 6.98. The van der Waals surface area contributed by atoms with Crippen LogP contribution < -0.4 is 5.73 Å². The lowest BCUT2D eigenvalue weighted by Crippen LogP contribution is -2.06. The highest BCUT2D eigenvalue weighted by Crippen LogP contribution is 2.36. The summed E-state index contributed by atoms with van der Waals surface area (Å²) in [5.41, 5.74) is 7.03. The number of nitrogens with zero attached hydrogens (tertiary/aromatic N) is 2. The molecule has 0 saturated heterocycles. The summed E-state index contributed by atoms with van der Waals surface area (Å²) in [4.78, 5) is 0. The van der Waals surface area contributed by atoms with Gasteiger partial charge in [0.1, 0.15) is 0 Å². The zero-order valence-electron chi connectivity index (χ0n) is 11.4. The van der Waals surface area contributed by atoms with E-state index in [1.54, 1.807) is 12.3 Å². The number of nitrogen functional groups attached to an aromatic ring is 1. The SMILES string of the molecule is Nc1cn(-c2cccc(C(F)(F)F)c2)nc1C1CCCC1. The van der Waals surface area contributed by atoms with Crippen molar-refractivity contribution in [3.05, 3.63) is 41.7 Å². The molecule has 1 aromatic heterocycles. The quantitative estimate of drug-likeness (QED) is 0.905. The number of rotatable bonds is 2. The molecule has 1 saturated carbocycles. The summed E-state index contributed by atoms with van der Waals surface area (Å²) < 4.78 is 39.7. The second kappa shape index (κ2) is 5.09. The van der Waals surface area contributed by atoms with Crippen LogP contribution in [0.1, 0.15) is 42.9 Å². The Kier molecular flexibility index (Phi) is 3.39. The van der Waals surface area contributed by atoms with Crippen molar-refractivity contribution in [2.45, 2.75) is 37.8 Å². The molecule has 6 heteroatoms. The number of anilines is 1. The van der Waals surface area contributed by atoms with Gasteiger partial charge in [-0.1, -0.05) is 18.9 Å². The Hall–Kier alpha value is -1.98. The lowest BCUT2D eigenvalue weighted by Gasteiger charge is -2.09. The van der Waals surface area contributed by atoms with Gasteiger partial charge in [-0.3, -0.25) is 0 Å². The molecule has 21 heavy (non-hydrogen) atoms. The Morgan fingerprint density at radius 1 is 1.19 bits per heavy atom. The van der Waals surface area contributed by atoms with Gasteiger partial charge in [0, 0.05) is 5.92 Å². The molecule has 0 radical (unpaired) electrons. The van der Waals surface area contributed by atoms with Gasteiger partial charge in [-0.15, -0.1) is 0 Å². The molecule has 1 fully saturated rings. The third-order valence-corrected chi connectivity index (χ3v) is 3.95. The smallest absolute Gasteiger partial charge is 0.396 e. The van der Waals surface area contributed by atoms with E-state index in [9.17, 15) is 13.2 Å². The van der Waals surface area contributed by atoms with Gasteiger partial charge < -0.3 is 5.73 Å². The van der Waals surface area contributed by atoms with Crippen LogP contribution in [-0.4, -0.2) is 9.78 Å². The minimum atomic E-state index is -4.36. The van der Waals surface area contributed by atoms with E-state index in [1.165, 1.54) is 10.7 Å². The molecule has 0 atom stereocenters. The Labute approximate surface area is 120 Å². The van der Waals surface area contributed by atoms with Gasteiger partial charge in [0.2, 0.25) is 0 Å². The van der Waals surface area contributed by atoms with Crippen molar-refractivity contribution in [3.63, 3.8) is 0 Å². The topological polar surface area (TPSA) is 43.8 Å². The molecule has 1 aliphatic rings. The van der Waals surface area contributed by atoms with Gasteiger partial charge >= 0.3 is 6.18 Å². The summed E-state index contributed by atoms with van der Waals surface area (Å²) in [6.07, 6.45) is 1.64. The highest BCUT2D eigenvalue weighted by atomic mass is 19.4. The van der Waals surface area contributed by atoms with Crippen LogP contribution >= 0.6 is 0 Å². The molecule has 112 valence electrons. The number of benzene rings is 1. The Morgan fingerprint density at radius 2 is 1.90 bits per heavy atom. The van der Waals surface area contributed by atoms with Crippen molar-refractivity contribution in [2.24, 2.45) is 0 Å². The molecule has 1 heterocycles.